The van der Waals surface area contributed by atoms with Gasteiger partial charge in [0.2, 0.25) is 0 Å². The van der Waals surface area contributed by atoms with E-state index in [0.717, 1.165) is 0 Å². The Morgan fingerprint density at radius 2 is 0.558 bits per heavy atom. The monoisotopic (exact) mass is 656 g/mol. The fourth-order valence-corrected chi connectivity index (χ4v) is 9.90. The minimum Gasteiger partial charge on any atom is -0.0616 e. The van der Waals surface area contributed by atoms with Gasteiger partial charge in [-0.15, -0.1) is 0 Å². The van der Waals surface area contributed by atoms with Crippen molar-refractivity contribution in [3.05, 3.63) is 169 Å². The Kier molecular flexibility index (Phi) is 5.46. The normalized spacial score (nSPS) is 12.4. The lowest BCUT2D eigenvalue weighted by molar-refractivity contribution is 1.49. The molecule has 52 heavy (non-hydrogen) atoms. The first-order valence-corrected chi connectivity index (χ1v) is 18.3. The van der Waals surface area contributed by atoms with Gasteiger partial charge in [0.25, 0.3) is 0 Å². The van der Waals surface area contributed by atoms with E-state index in [-0.39, 0.29) is 0 Å². The molecule has 0 amide bonds. The largest absolute Gasteiger partial charge is 0.0616 e. The highest BCUT2D eigenvalue weighted by Gasteiger charge is 2.22. The van der Waals surface area contributed by atoms with Gasteiger partial charge >= 0.3 is 0 Å². The average molecular weight is 657 g/mol. The highest BCUT2D eigenvalue weighted by molar-refractivity contribution is 6.41. The fraction of sp³-hybridized carbons (Fsp3) is 0.0385. The molecule has 0 aliphatic rings. The highest BCUT2D eigenvalue weighted by atomic mass is 14.3. The van der Waals surface area contributed by atoms with Gasteiger partial charge < -0.3 is 0 Å². The molecule has 12 aromatic carbocycles. The first-order valence-electron chi connectivity index (χ1n) is 18.3. The van der Waals surface area contributed by atoms with Crippen LogP contribution in [0, 0.1) is 13.8 Å². The highest BCUT2D eigenvalue weighted by Crippen LogP contribution is 2.50. The smallest absolute Gasteiger partial charge is 0.00195 e. The van der Waals surface area contributed by atoms with Crippen LogP contribution in [0.3, 0.4) is 0 Å². The summed E-state index contributed by atoms with van der Waals surface area (Å²) in [6, 6.07) is 59.8. The molecule has 0 N–H and O–H groups in total. The number of hydrogen-bond acceptors (Lipinski definition) is 0. The van der Waals surface area contributed by atoms with Crippen molar-refractivity contribution >= 4 is 97.0 Å². The zero-order valence-electron chi connectivity index (χ0n) is 29.0. The summed E-state index contributed by atoms with van der Waals surface area (Å²) in [5, 5.41) is 23.9. The third-order valence-electron chi connectivity index (χ3n) is 12.1. The lowest BCUT2D eigenvalue weighted by atomic mass is 9.87. The van der Waals surface area contributed by atoms with Gasteiger partial charge in [0.05, 0.1) is 0 Å². The van der Waals surface area contributed by atoms with Crippen molar-refractivity contribution in [2.45, 2.75) is 13.8 Å². The molecule has 0 spiro atoms. The third-order valence-corrected chi connectivity index (χ3v) is 12.1. The fourth-order valence-electron chi connectivity index (χ4n) is 9.90. The molecule has 240 valence electrons. The Bertz CT molecular complexity index is 3240. The summed E-state index contributed by atoms with van der Waals surface area (Å²) >= 11 is 0. The van der Waals surface area contributed by atoms with Gasteiger partial charge in [-0.05, 0) is 181 Å². The maximum absolute atomic E-state index is 2.52. The van der Waals surface area contributed by atoms with Crippen molar-refractivity contribution in [3.63, 3.8) is 0 Å². The number of aryl methyl sites for hydroxylation is 2. The molecule has 0 aromatic heterocycles. The van der Waals surface area contributed by atoms with Gasteiger partial charge in [-0.1, -0.05) is 121 Å². The average Bonchev–Trinajstić information content (AvgIpc) is 3.68. The summed E-state index contributed by atoms with van der Waals surface area (Å²) in [4.78, 5) is 0. The zero-order chi connectivity index (χ0) is 34.2. The van der Waals surface area contributed by atoms with Crippen LogP contribution in [-0.2, 0) is 0 Å². The quantitative estimate of drug-likeness (QED) is 0.162. The lowest BCUT2D eigenvalue weighted by Crippen LogP contribution is -1.89. The molecule has 0 nitrogen and oxygen atoms in total. The molecule has 12 rings (SSSR count). The van der Waals surface area contributed by atoms with Gasteiger partial charge in [0, 0.05) is 0 Å². The molecular weight excluding hydrogens is 625 g/mol. The van der Waals surface area contributed by atoms with Gasteiger partial charge in [-0.2, -0.15) is 0 Å². The van der Waals surface area contributed by atoms with Crippen molar-refractivity contribution in [1.82, 2.24) is 0 Å². The number of fused-ring (bicyclic) bond motifs is 11. The standard InChI is InChI=1S/C52H32/c1-29-19-21-31-11-3-5-13-35(31)49(29)33-23-43-37-15-7-9-17-39(37)47-28-42-41(45(25-33)51(43)47)27-48-40-18-10-8-16-38(40)44-24-34(26-46(42)52(44)48)50-30(2)20-22-32-12-4-6-14-36(32)50/h3-28H,1-2H3. The van der Waals surface area contributed by atoms with E-state index in [4.69, 9.17) is 0 Å². The zero-order valence-corrected chi connectivity index (χ0v) is 29.0. The predicted octanol–water partition coefficient (Wildman–Crippen LogP) is 14.9. The minimum atomic E-state index is 1.28. The van der Waals surface area contributed by atoms with Crippen LogP contribution in [0.1, 0.15) is 11.1 Å². The van der Waals surface area contributed by atoms with Crippen molar-refractivity contribution in [2.75, 3.05) is 0 Å². The van der Waals surface area contributed by atoms with Crippen LogP contribution in [0.25, 0.3) is 119 Å². The van der Waals surface area contributed by atoms with E-state index in [2.05, 4.69) is 172 Å². The molecule has 0 unspecified atom stereocenters. The second-order valence-electron chi connectivity index (χ2n) is 14.9. The Morgan fingerprint density at radius 3 is 0.942 bits per heavy atom. The lowest BCUT2D eigenvalue weighted by Gasteiger charge is -2.16. The Labute approximate surface area is 300 Å². The maximum atomic E-state index is 2.52. The van der Waals surface area contributed by atoms with Crippen LogP contribution in [0.2, 0.25) is 0 Å². The Hall–Kier alpha value is -6.50. The summed E-state index contributed by atoms with van der Waals surface area (Å²) in [6.45, 7) is 4.52. The molecule has 0 aliphatic heterocycles. The predicted molar refractivity (Wildman–Crippen MR) is 227 cm³/mol. The van der Waals surface area contributed by atoms with E-state index in [9.17, 15) is 0 Å². The van der Waals surface area contributed by atoms with Crippen LogP contribution in [-0.4, -0.2) is 0 Å². The topological polar surface area (TPSA) is 0 Å². The van der Waals surface area contributed by atoms with Crippen LogP contribution in [0.4, 0.5) is 0 Å². The SMILES string of the molecule is Cc1ccc2ccccc2c1-c1cc2c3ccccc3c3cc4c(cc5c6ccccc6c6cc(-c7c(C)ccc8ccccc78)cc4c65)c(c1)c23. The molecule has 0 radical (unpaired) electrons. The molecule has 0 fully saturated rings. The van der Waals surface area contributed by atoms with E-state index in [1.54, 1.807) is 0 Å². The first kappa shape index (κ1) is 28.2. The summed E-state index contributed by atoms with van der Waals surface area (Å²) in [5.41, 5.74) is 7.82. The second-order valence-corrected chi connectivity index (χ2v) is 14.9. The molecule has 0 heteroatoms. The van der Waals surface area contributed by atoms with E-state index in [1.807, 2.05) is 0 Å². The molecule has 12 aromatic rings. The van der Waals surface area contributed by atoms with Gasteiger partial charge in [-0.3, -0.25) is 0 Å². The summed E-state index contributed by atoms with van der Waals surface area (Å²) < 4.78 is 0. The number of rotatable bonds is 2. The van der Waals surface area contributed by atoms with Crippen molar-refractivity contribution in [1.29, 1.82) is 0 Å². The molecule has 0 aliphatic carbocycles. The molecular formula is C52H32. The molecule has 0 heterocycles. The molecule has 0 atom stereocenters. The Morgan fingerprint density at radius 1 is 0.250 bits per heavy atom. The second kappa shape index (κ2) is 10.1. The van der Waals surface area contributed by atoms with E-state index in [0.29, 0.717) is 0 Å². The molecule has 0 saturated carbocycles. The maximum Gasteiger partial charge on any atom is -0.00195 e. The van der Waals surface area contributed by atoms with Crippen LogP contribution < -0.4 is 0 Å². The minimum absolute atomic E-state index is 1.28. The summed E-state index contributed by atoms with van der Waals surface area (Å²) in [6.07, 6.45) is 0. The van der Waals surface area contributed by atoms with E-state index < -0.39 is 0 Å². The van der Waals surface area contributed by atoms with Gasteiger partial charge in [-0.25, -0.2) is 0 Å². The first-order chi connectivity index (χ1) is 25.6. The van der Waals surface area contributed by atoms with Crippen LogP contribution in [0.15, 0.2) is 158 Å². The summed E-state index contributed by atoms with van der Waals surface area (Å²) in [5.74, 6) is 0. The van der Waals surface area contributed by atoms with E-state index in [1.165, 1.54) is 130 Å². The molecule has 0 saturated heterocycles. The van der Waals surface area contributed by atoms with Crippen molar-refractivity contribution in [3.8, 4) is 22.3 Å². The molecule has 0 bridgehead atoms. The van der Waals surface area contributed by atoms with Crippen LogP contribution in [0.5, 0.6) is 0 Å². The summed E-state index contributed by atoms with van der Waals surface area (Å²) in [7, 11) is 0. The van der Waals surface area contributed by atoms with Crippen molar-refractivity contribution in [2.24, 2.45) is 0 Å². The third kappa shape index (κ3) is 3.61. The van der Waals surface area contributed by atoms with Gasteiger partial charge in [0.1, 0.15) is 0 Å². The van der Waals surface area contributed by atoms with Crippen LogP contribution >= 0.6 is 0 Å². The number of hydrogen-bond donors (Lipinski definition) is 0. The van der Waals surface area contributed by atoms with Gasteiger partial charge in [0.15, 0.2) is 0 Å². The van der Waals surface area contributed by atoms with Crippen molar-refractivity contribution < 1.29 is 0 Å². The number of benzene rings is 10. The van der Waals surface area contributed by atoms with E-state index >= 15 is 0 Å². The Balaban J connectivity index is 1.32.